The van der Waals surface area contributed by atoms with Gasteiger partial charge in [0.2, 0.25) is 15.9 Å². The molecule has 0 unspecified atom stereocenters. The quantitative estimate of drug-likeness (QED) is 0.768. The molecular weight excluding hydrogens is 355 g/mol. The van der Waals surface area contributed by atoms with Crippen LogP contribution in [0, 0.1) is 12.7 Å². The maximum absolute atomic E-state index is 13.8. The number of halogens is 1. The van der Waals surface area contributed by atoms with E-state index >= 15 is 0 Å². The van der Waals surface area contributed by atoms with Crippen LogP contribution in [0.15, 0.2) is 48.5 Å². The number of rotatable bonds is 8. The van der Waals surface area contributed by atoms with Gasteiger partial charge >= 0.3 is 0 Å². The molecule has 2 rings (SSSR count). The zero-order valence-corrected chi connectivity index (χ0v) is 15.7. The molecule has 0 heterocycles. The molecule has 140 valence electrons. The number of nitrogens with zero attached hydrogens (tertiary/aromatic N) is 1. The van der Waals surface area contributed by atoms with Crippen molar-refractivity contribution in [2.24, 2.45) is 0 Å². The highest BCUT2D eigenvalue weighted by atomic mass is 32.2. The molecule has 7 heteroatoms. The third-order valence-electron chi connectivity index (χ3n) is 3.93. The van der Waals surface area contributed by atoms with E-state index in [-0.39, 0.29) is 31.0 Å². The van der Waals surface area contributed by atoms with Gasteiger partial charge in [0.15, 0.2) is 0 Å². The average molecular weight is 378 g/mol. The fraction of sp³-hybridized carbons (Fsp3) is 0.316. The van der Waals surface area contributed by atoms with E-state index < -0.39 is 15.8 Å². The highest BCUT2D eigenvalue weighted by molar-refractivity contribution is 7.88. The van der Waals surface area contributed by atoms with Gasteiger partial charge in [0, 0.05) is 31.6 Å². The zero-order chi connectivity index (χ0) is 19.2. The molecule has 0 aromatic heterocycles. The minimum Gasteiger partial charge on any atom is -0.352 e. The lowest BCUT2D eigenvalue weighted by atomic mass is 10.1. The van der Waals surface area contributed by atoms with Gasteiger partial charge in [-0.25, -0.2) is 12.8 Å². The van der Waals surface area contributed by atoms with Gasteiger partial charge in [0.25, 0.3) is 0 Å². The fourth-order valence-corrected chi connectivity index (χ4v) is 3.31. The van der Waals surface area contributed by atoms with Crippen molar-refractivity contribution in [3.8, 4) is 0 Å². The molecule has 0 atom stereocenters. The Morgan fingerprint density at radius 2 is 1.88 bits per heavy atom. The lowest BCUT2D eigenvalue weighted by Gasteiger charge is -2.20. The Balaban J connectivity index is 1.92. The lowest BCUT2D eigenvalue weighted by Crippen LogP contribution is -2.34. The second-order valence-corrected chi connectivity index (χ2v) is 8.19. The summed E-state index contributed by atoms with van der Waals surface area (Å²) in [5, 5.41) is 2.77. The van der Waals surface area contributed by atoms with Crippen LogP contribution in [0.5, 0.6) is 0 Å². The number of hydrogen-bond donors (Lipinski definition) is 1. The largest absolute Gasteiger partial charge is 0.352 e. The molecule has 1 amide bonds. The molecule has 0 fully saturated rings. The van der Waals surface area contributed by atoms with Crippen LogP contribution in [0.2, 0.25) is 0 Å². The zero-order valence-electron chi connectivity index (χ0n) is 14.9. The van der Waals surface area contributed by atoms with Gasteiger partial charge in [-0.1, -0.05) is 48.0 Å². The van der Waals surface area contributed by atoms with Crippen molar-refractivity contribution in [2.75, 3.05) is 12.8 Å². The maximum Gasteiger partial charge on any atom is 0.221 e. The number of carbonyl (C=O) groups excluding carboxylic acids is 1. The van der Waals surface area contributed by atoms with Crippen molar-refractivity contribution < 1.29 is 17.6 Å². The summed E-state index contributed by atoms with van der Waals surface area (Å²) < 4.78 is 38.8. The van der Waals surface area contributed by atoms with Crippen LogP contribution in [0.1, 0.15) is 23.1 Å². The summed E-state index contributed by atoms with van der Waals surface area (Å²) >= 11 is 0. The standard InChI is InChI=1S/C19H23FN2O3S/c1-15-6-5-7-16(12-15)13-21-19(23)10-11-22(26(2,24)25)14-17-8-3-4-9-18(17)20/h3-9,12H,10-11,13-14H2,1-2H3,(H,21,23). The van der Waals surface area contributed by atoms with Crippen molar-refractivity contribution in [2.45, 2.75) is 26.4 Å². The second-order valence-electron chi connectivity index (χ2n) is 6.20. The number of nitrogens with one attached hydrogen (secondary N) is 1. The van der Waals surface area contributed by atoms with E-state index in [0.29, 0.717) is 6.54 Å². The topological polar surface area (TPSA) is 66.5 Å². The third-order valence-corrected chi connectivity index (χ3v) is 5.18. The summed E-state index contributed by atoms with van der Waals surface area (Å²) in [6.07, 6.45) is 1.06. The number of hydrogen-bond acceptors (Lipinski definition) is 3. The van der Waals surface area contributed by atoms with E-state index in [4.69, 9.17) is 0 Å². The van der Waals surface area contributed by atoms with Gasteiger partial charge in [-0.3, -0.25) is 4.79 Å². The molecule has 5 nitrogen and oxygen atoms in total. The lowest BCUT2D eigenvalue weighted by molar-refractivity contribution is -0.121. The second kappa shape index (κ2) is 8.91. The van der Waals surface area contributed by atoms with Crippen LogP contribution in [0.3, 0.4) is 0 Å². The molecule has 0 aliphatic carbocycles. The van der Waals surface area contributed by atoms with Crippen LogP contribution < -0.4 is 5.32 Å². The Bertz CT molecular complexity index is 869. The predicted octanol–water partition coefficient (Wildman–Crippen LogP) is 2.60. The van der Waals surface area contributed by atoms with Crippen molar-refractivity contribution in [3.63, 3.8) is 0 Å². The molecule has 0 bridgehead atoms. The van der Waals surface area contributed by atoms with E-state index in [2.05, 4.69) is 5.32 Å². The first kappa shape index (κ1) is 20.1. The minimum absolute atomic E-state index is 0.00712. The maximum atomic E-state index is 13.8. The Hall–Kier alpha value is -2.25. The summed E-state index contributed by atoms with van der Waals surface area (Å²) in [6.45, 7) is 2.24. The molecule has 0 radical (unpaired) electrons. The van der Waals surface area contributed by atoms with Crippen LogP contribution in [0.25, 0.3) is 0 Å². The molecule has 26 heavy (non-hydrogen) atoms. The number of carbonyl (C=O) groups is 1. The number of benzene rings is 2. The highest BCUT2D eigenvalue weighted by Crippen LogP contribution is 2.13. The predicted molar refractivity (Wildman–Crippen MR) is 99.3 cm³/mol. The molecule has 0 spiro atoms. The van der Waals surface area contributed by atoms with E-state index in [9.17, 15) is 17.6 Å². The van der Waals surface area contributed by atoms with Gasteiger partial charge in [-0.05, 0) is 18.6 Å². The first-order valence-corrected chi connectivity index (χ1v) is 10.1. The van der Waals surface area contributed by atoms with Crippen molar-refractivity contribution in [3.05, 3.63) is 71.0 Å². The highest BCUT2D eigenvalue weighted by Gasteiger charge is 2.19. The fourth-order valence-electron chi connectivity index (χ4n) is 2.52. The van der Waals surface area contributed by atoms with Gasteiger partial charge < -0.3 is 5.32 Å². The first-order valence-electron chi connectivity index (χ1n) is 8.26. The summed E-state index contributed by atoms with van der Waals surface area (Å²) in [4.78, 5) is 12.0. The van der Waals surface area contributed by atoms with Crippen molar-refractivity contribution in [1.82, 2.24) is 9.62 Å². The summed E-state index contributed by atoms with van der Waals surface area (Å²) in [5.41, 5.74) is 2.35. The van der Waals surface area contributed by atoms with Crippen LogP contribution in [0.4, 0.5) is 4.39 Å². The van der Waals surface area contributed by atoms with Crippen LogP contribution in [-0.2, 0) is 27.9 Å². The third kappa shape index (κ3) is 6.24. The minimum atomic E-state index is -3.56. The molecule has 0 saturated carbocycles. The molecule has 0 saturated heterocycles. The van der Waals surface area contributed by atoms with E-state index in [0.717, 1.165) is 21.7 Å². The van der Waals surface area contributed by atoms with Gasteiger partial charge in [0.1, 0.15) is 5.82 Å². The SMILES string of the molecule is Cc1cccc(CNC(=O)CCN(Cc2ccccc2F)S(C)(=O)=O)c1. The molecule has 0 aliphatic heterocycles. The number of sulfonamides is 1. The van der Waals surface area contributed by atoms with E-state index in [1.54, 1.807) is 12.1 Å². The van der Waals surface area contributed by atoms with Gasteiger partial charge in [-0.2, -0.15) is 4.31 Å². The van der Waals surface area contributed by atoms with Crippen LogP contribution >= 0.6 is 0 Å². The van der Waals surface area contributed by atoms with Crippen LogP contribution in [-0.4, -0.2) is 31.4 Å². The summed E-state index contributed by atoms with van der Waals surface area (Å²) in [5.74, 6) is -0.723. The Morgan fingerprint density at radius 1 is 1.15 bits per heavy atom. The van der Waals surface area contributed by atoms with E-state index in [1.165, 1.54) is 12.1 Å². The average Bonchev–Trinajstić information content (AvgIpc) is 2.57. The van der Waals surface area contributed by atoms with Gasteiger partial charge in [0.05, 0.1) is 6.26 Å². The molecule has 2 aromatic carbocycles. The first-order chi connectivity index (χ1) is 12.3. The number of amides is 1. The molecular formula is C19H23FN2O3S. The van der Waals surface area contributed by atoms with E-state index in [1.807, 2.05) is 31.2 Å². The summed E-state index contributed by atoms with van der Waals surface area (Å²) in [7, 11) is -3.56. The molecule has 1 N–H and O–H groups in total. The Labute approximate surface area is 153 Å². The Kier molecular flexibility index (Phi) is 6.88. The summed E-state index contributed by atoms with van der Waals surface area (Å²) in [6, 6.07) is 13.8. The van der Waals surface area contributed by atoms with Gasteiger partial charge in [-0.15, -0.1) is 0 Å². The van der Waals surface area contributed by atoms with Crippen molar-refractivity contribution >= 4 is 15.9 Å². The monoisotopic (exact) mass is 378 g/mol. The number of aryl methyl sites for hydroxylation is 1. The normalized spacial score (nSPS) is 11.5. The molecule has 0 aliphatic rings. The van der Waals surface area contributed by atoms with Crippen molar-refractivity contribution in [1.29, 1.82) is 0 Å². The molecule has 2 aromatic rings. The smallest absolute Gasteiger partial charge is 0.221 e. The Morgan fingerprint density at radius 3 is 2.54 bits per heavy atom.